The second-order valence-electron chi connectivity index (χ2n) is 4.50. The Balaban J connectivity index is 2.10. The van der Waals surface area contributed by atoms with E-state index in [1.165, 1.54) is 30.6 Å². The molecule has 0 fully saturated rings. The fourth-order valence-electron chi connectivity index (χ4n) is 1.86. The van der Waals surface area contributed by atoms with Crippen molar-refractivity contribution in [2.75, 3.05) is 13.7 Å². The van der Waals surface area contributed by atoms with Crippen LogP contribution < -0.4 is 4.72 Å². The zero-order valence-corrected chi connectivity index (χ0v) is 13.3. The molecule has 0 aliphatic carbocycles. The quantitative estimate of drug-likeness (QED) is 0.886. The zero-order valence-electron chi connectivity index (χ0n) is 11.7. The smallest absolute Gasteiger partial charge is 0.250 e. The molecule has 4 nitrogen and oxygen atoms in total. The van der Waals surface area contributed by atoms with Crippen LogP contribution in [0.3, 0.4) is 0 Å². The highest BCUT2D eigenvalue weighted by Crippen LogP contribution is 2.22. The van der Waals surface area contributed by atoms with Crippen molar-refractivity contribution >= 4 is 21.4 Å². The van der Waals surface area contributed by atoms with E-state index in [9.17, 15) is 12.8 Å². The van der Waals surface area contributed by atoms with Crippen molar-refractivity contribution < 1.29 is 17.5 Å². The van der Waals surface area contributed by atoms with Crippen molar-refractivity contribution in [2.45, 2.75) is 17.2 Å². The van der Waals surface area contributed by atoms with Crippen LogP contribution >= 0.6 is 11.3 Å². The van der Waals surface area contributed by atoms with Crippen LogP contribution in [-0.4, -0.2) is 22.1 Å². The Morgan fingerprint density at radius 1 is 1.33 bits per heavy atom. The summed E-state index contributed by atoms with van der Waals surface area (Å²) in [6, 6.07) is 9.23. The minimum absolute atomic E-state index is 0.0409. The van der Waals surface area contributed by atoms with E-state index in [0.717, 1.165) is 4.88 Å². The summed E-state index contributed by atoms with van der Waals surface area (Å²) in [4.78, 5) is 0.920. The molecular formula is C14H16FNO3S2. The first-order valence-corrected chi connectivity index (χ1v) is 8.56. The lowest BCUT2D eigenvalue weighted by Gasteiger charge is -2.16. The van der Waals surface area contributed by atoms with Crippen LogP contribution in [0.2, 0.25) is 0 Å². The van der Waals surface area contributed by atoms with E-state index in [2.05, 4.69) is 4.72 Å². The Morgan fingerprint density at radius 3 is 2.67 bits per heavy atom. The molecule has 0 aliphatic heterocycles. The Morgan fingerprint density at radius 2 is 2.10 bits per heavy atom. The second-order valence-corrected chi connectivity index (χ2v) is 7.78. The normalized spacial score (nSPS) is 13.3. The number of rotatable bonds is 6. The van der Waals surface area contributed by atoms with Crippen LogP contribution in [0.5, 0.6) is 0 Å². The summed E-state index contributed by atoms with van der Waals surface area (Å²) < 4.78 is 45.5. The molecule has 0 bridgehead atoms. The Bertz CT molecular complexity index is 713. The Hall–Kier alpha value is -1.28. The third kappa shape index (κ3) is 4.10. The van der Waals surface area contributed by atoms with Gasteiger partial charge in [-0.3, -0.25) is 0 Å². The minimum Gasteiger partial charge on any atom is -0.375 e. The van der Waals surface area contributed by atoms with Crippen molar-refractivity contribution in [2.24, 2.45) is 0 Å². The standard InChI is InChI=1S/C14H16FNO3S2/c1-10-6-7-14(20-10)21(17,18)16-9-13(19-2)11-4-3-5-12(15)8-11/h3-8,13,16H,9H2,1-2H3/t13-/m0/s1. The molecule has 7 heteroatoms. The zero-order chi connectivity index (χ0) is 15.5. The van der Waals surface area contributed by atoms with Crippen molar-refractivity contribution in [3.05, 3.63) is 52.7 Å². The lowest BCUT2D eigenvalue weighted by atomic mass is 10.1. The van der Waals surface area contributed by atoms with Gasteiger partial charge in [0.05, 0.1) is 6.10 Å². The molecule has 0 saturated heterocycles. The second kappa shape index (κ2) is 6.65. The van der Waals surface area contributed by atoms with Crippen molar-refractivity contribution in [1.82, 2.24) is 4.72 Å². The third-order valence-corrected chi connectivity index (χ3v) is 5.86. The molecule has 1 aromatic carbocycles. The van der Waals surface area contributed by atoms with Crippen molar-refractivity contribution in [3.63, 3.8) is 0 Å². The van der Waals surface area contributed by atoms with E-state index in [-0.39, 0.29) is 16.6 Å². The molecule has 2 rings (SSSR count). The highest BCUT2D eigenvalue weighted by Gasteiger charge is 2.19. The van der Waals surface area contributed by atoms with Gasteiger partial charge in [0, 0.05) is 18.5 Å². The van der Waals surface area contributed by atoms with Crippen LogP contribution in [0.4, 0.5) is 4.39 Å². The van der Waals surface area contributed by atoms with Gasteiger partial charge < -0.3 is 4.74 Å². The lowest BCUT2D eigenvalue weighted by Crippen LogP contribution is -2.28. The van der Waals surface area contributed by atoms with Crippen LogP contribution in [-0.2, 0) is 14.8 Å². The summed E-state index contributed by atoms with van der Waals surface area (Å²) in [7, 11) is -2.11. The van der Waals surface area contributed by atoms with Gasteiger partial charge in [-0.05, 0) is 36.8 Å². The monoisotopic (exact) mass is 329 g/mol. The fraction of sp³-hybridized carbons (Fsp3) is 0.286. The average Bonchev–Trinajstić information content (AvgIpc) is 2.87. The molecule has 0 aliphatic rings. The maximum atomic E-state index is 13.2. The molecule has 0 amide bonds. The largest absolute Gasteiger partial charge is 0.375 e. The number of sulfonamides is 1. The Kier molecular flexibility index (Phi) is 5.10. The summed E-state index contributed by atoms with van der Waals surface area (Å²) in [6.07, 6.45) is -0.545. The first-order chi connectivity index (χ1) is 9.92. The molecule has 2 aromatic rings. The topological polar surface area (TPSA) is 55.4 Å². The predicted octanol–water partition coefficient (Wildman–Crippen LogP) is 2.86. The Labute approximate surface area is 127 Å². The van der Waals surface area contributed by atoms with E-state index in [4.69, 9.17) is 4.74 Å². The number of hydrogen-bond donors (Lipinski definition) is 1. The van der Waals surface area contributed by atoms with E-state index >= 15 is 0 Å². The molecule has 114 valence electrons. The molecule has 0 spiro atoms. The van der Waals surface area contributed by atoms with Gasteiger partial charge in [0.25, 0.3) is 0 Å². The number of halogens is 1. The molecule has 1 aromatic heterocycles. The number of ether oxygens (including phenoxy) is 1. The number of hydrogen-bond acceptors (Lipinski definition) is 4. The van der Waals surface area contributed by atoms with Gasteiger partial charge in [-0.2, -0.15) is 0 Å². The van der Waals surface area contributed by atoms with Crippen molar-refractivity contribution in [3.8, 4) is 0 Å². The lowest BCUT2D eigenvalue weighted by molar-refractivity contribution is 0.107. The van der Waals surface area contributed by atoms with E-state index < -0.39 is 16.1 Å². The fourth-order valence-corrected chi connectivity index (χ4v) is 4.22. The number of aryl methyl sites for hydroxylation is 1. The molecule has 0 radical (unpaired) electrons. The predicted molar refractivity (Wildman–Crippen MR) is 80.4 cm³/mol. The van der Waals surface area contributed by atoms with Crippen LogP contribution in [0, 0.1) is 12.7 Å². The number of thiophene rings is 1. The van der Waals surface area contributed by atoms with Crippen molar-refractivity contribution in [1.29, 1.82) is 0 Å². The van der Waals surface area contributed by atoms with Gasteiger partial charge >= 0.3 is 0 Å². The van der Waals surface area contributed by atoms with E-state index in [1.807, 2.05) is 6.92 Å². The number of benzene rings is 1. The first kappa shape index (κ1) is 16.1. The van der Waals surface area contributed by atoms with Gasteiger partial charge in [0.2, 0.25) is 10.0 Å². The molecule has 0 saturated carbocycles. The maximum absolute atomic E-state index is 13.2. The number of nitrogens with one attached hydrogen (secondary N) is 1. The molecule has 1 atom stereocenters. The highest BCUT2D eigenvalue weighted by molar-refractivity contribution is 7.91. The average molecular weight is 329 g/mol. The SMILES string of the molecule is CO[C@@H](CNS(=O)(=O)c1ccc(C)s1)c1cccc(F)c1. The molecule has 1 N–H and O–H groups in total. The van der Waals surface area contributed by atoms with Gasteiger partial charge in [-0.1, -0.05) is 12.1 Å². The van der Waals surface area contributed by atoms with Crippen LogP contribution in [0.1, 0.15) is 16.5 Å². The van der Waals surface area contributed by atoms with Gasteiger partial charge in [-0.25, -0.2) is 17.5 Å². The van der Waals surface area contributed by atoms with Crippen LogP contribution in [0.15, 0.2) is 40.6 Å². The molecular weight excluding hydrogens is 313 g/mol. The number of methoxy groups -OCH3 is 1. The van der Waals surface area contributed by atoms with Crippen LogP contribution in [0.25, 0.3) is 0 Å². The summed E-state index contributed by atoms with van der Waals surface area (Å²) >= 11 is 1.20. The maximum Gasteiger partial charge on any atom is 0.250 e. The van der Waals surface area contributed by atoms with Gasteiger partial charge in [0.1, 0.15) is 10.0 Å². The molecule has 0 unspecified atom stereocenters. The molecule has 1 heterocycles. The summed E-state index contributed by atoms with van der Waals surface area (Å²) in [5.41, 5.74) is 0.586. The summed E-state index contributed by atoms with van der Waals surface area (Å²) in [5.74, 6) is -0.383. The van der Waals surface area contributed by atoms with E-state index in [0.29, 0.717) is 5.56 Å². The molecule has 21 heavy (non-hydrogen) atoms. The first-order valence-electron chi connectivity index (χ1n) is 6.27. The minimum atomic E-state index is -3.57. The van der Waals surface area contributed by atoms with Gasteiger partial charge in [-0.15, -0.1) is 11.3 Å². The van der Waals surface area contributed by atoms with E-state index in [1.54, 1.807) is 24.3 Å². The third-order valence-electron chi connectivity index (χ3n) is 2.94. The summed E-state index contributed by atoms with van der Waals surface area (Å²) in [6.45, 7) is 1.88. The highest BCUT2D eigenvalue weighted by atomic mass is 32.2. The summed E-state index contributed by atoms with van der Waals surface area (Å²) in [5, 5.41) is 0. The van der Waals surface area contributed by atoms with Gasteiger partial charge in [0.15, 0.2) is 0 Å².